The van der Waals surface area contributed by atoms with Gasteiger partial charge < -0.3 is 10.0 Å². The Balaban J connectivity index is 2.21. The Kier molecular flexibility index (Phi) is 2.90. The Morgan fingerprint density at radius 3 is 2.94 bits per heavy atom. The molecular weight excluding hydrogens is 204 g/mol. The van der Waals surface area contributed by atoms with E-state index in [0.29, 0.717) is 0 Å². The van der Waals surface area contributed by atoms with Gasteiger partial charge in [-0.2, -0.15) is 0 Å². The van der Waals surface area contributed by atoms with Crippen LogP contribution in [0.2, 0.25) is 0 Å². The molecule has 4 heteroatoms. The molecule has 1 aromatic rings. The molecule has 0 saturated carbocycles. The Morgan fingerprint density at radius 2 is 2.31 bits per heavy atom. The van der Waals surface area contributed by atoms with Crippen molar-refractivity contribution in [2.24, 2.45) is 0 Å². The quantitative estimate of drug-likeness (QED) is 0.771. The van der Waals surface area contributed by atoms with Gasteiger partial charge in [-0.15, -0.1) is 0 Å². The fraction of sp³-hybridized carbons (Fsp3) is 0.333. The maximum absolute atomic E-state index is 10.8. The fourth-order valence-electron chi connectivity index (χ4n) is 1.70. The van der Waals surface area contributed by atoms with Crippen LogP contribution >= 0.6 is 0 Å². The number of carboxylic acids is 1. The first kappa shape index (κ1) is 10.7. The number of carbonyl (C=O) groups is 1. The highest BCUT2D eigenvalue weighted by molar-refractivity contribution is 5.85. The molecule has 0 amide bonds. The third-order valence-corrected chi connectivity index (χ3v) is 2.71. The smallest absolute Gasteiger partial charge is 0.354 e. The zero-order chi connectivity index (χ0) is 11.5. The molecule has 84 valence electrons. The molecule has 16 heavy (non-hydrogen) atoms. The molecule has 1 aliphatic rings. The summed E-state index contributed by atoms with van der Waals surface area (Å²) in [7, 11) is 0. The van der Waals surface area contributed by atoms with E-state index >= 15 is 0 Å². The van der Waals surface area contributed by atoms with Crippen molar-refractivity contribution in [3.05, 3.63) is 35.5 Å². The Hall–Kier alpha value is -1.84. The normalized spacial score (nSPS) is 15.8. The highest BCUT2D eigenvalue weighted by Crippen LogP contribution is 2.17. The second-order valence-electron chi connectivity index (χ2n) is 3.93. The van der Waals surface area contributed by atoms with Crippen molar-refractivity contribution < 1.29 is 9.90 Å². The van der Waals surface area contributed by atoms with Gasteiger partial charge in [0.1, 0.15) is 5.82 Å². The fourth-order valence-corrected chi connectivity index (χ4v) is 1.70. The van der Waals surface area contributed by atoms with Crippen molar-refractivity contribution in [2.75, 3.05) is 18.0 Å². The number of rotatable bonds is 2. The van der Waals surface area contributed by atoms with Crippen molar-refractivity contribution in [2.45, 2.75) is 13.3 Å². The van der Waals surface area contributed by atoms with Crippen LogP contribution in [0.5, 0.6) is 0 Å². The summed E-state index contributed by atoms with van der Waals surface area (Å²) in [6.07, 6.45) is 3.16. The summed E-state index contributed by atoms with van der Waals surface area (Å²) >= 11 is 0. The zero-order valence-corrected chi connectivity index (χ0v) is 9.18. The number of hydrogen-bond donors (Lipinski definition) is 1. The van der Waals surface area contributed by atoms with E-state index in [1.807, 2.05) is 6.07 Å². The SMILES string of the molecule is CC1=CCN(c2cccc(C(=O)O)n2)CC1. The molecule has 0 unspecified atom stereocenters. The van der Waals surface area contributed by atoms with E-state index in [1.165, 1.54) is 11.6 Å². The predicted molar refractivity (Wildman–Crippen MR) is 61.8 cm³/mol. The van der Waals surface area contributed by atoms with Crippen LogP contribution in [0.15, 0.2) is 29.8 Å². The molecule has 1 aliphatic heterocycles. The largest absolute Gasteiger partial charge is 0.477 e. The molecule has 0 spiro atoms. The first-order valence-electron chi connectivity index (χ1n) is 5.28. The number of nitrogens with zero attached hydrogens (tertiary/aromatic N) is 2. The topological polar surface area (TPSA) is 53.4 Å². The predicted octanol–water partition coefficient (Wildman–Crippen LogP) is 1.94. The highest BCUT2D eigenvalue weighted by atomic mass is 16.4. The molecule has 1 N–H and O–H groups in total. The van der Waals surface area contributed by atoms with Gasteiger partial charge in [-0.25, -0.2) is 9.78 Å². The molecule has 0 atom stereocenters. The van der Waals surface area contributed by atoms with Gasteiger partial charge in [-0.3, -0.25) is 0 Å². The van der Waals surface area contributed by atoms with E-state index in [2.05, 4.69) is 22.9 Å². The van der Waals surface area contributed by atoms with E-state index in [0.717, 1.165) is 25.3 Å². The van der Waals surface area contributed by atoms with E-state index in [4.69, 9.17) is 5.11 Å². The van der Waals surface area contributed by atoms with Gasteiger partial charge in [0.05, 0.1) is 0 Å². The van der Waals surface area contributed by atoms with Gasteiger partial charge in [0.25, 0.3) is 0 Å². The van der Waals surface area contributed by atoms with Crippen molar-refractivity contribution in [1.29, 1.82) is 0 Å². The molecule has 0 fully saturated rings. The Morgan fingerprint density at radius 1 is 1.50 bits per heavy atom. The van der Waals surface area contributed by atoms with Crippen LogP contribution in [-0.2, 0) is 0 Å². The van der Waals surface area contributed by atoms with E-state index < -0.39 is 5.97 Å². The lowest BCUT2D eigenvalue weighted by Gasteiger charge is -2.26. The van der Waals surface area contributed by atoms with Gasteiger partial charge in [0.15, 0.2) is 5.69 Å². The summed E-state index contributed by atoms with van der Waals surface area (Å²) < 4.78 is 0. The van der Waals surface area contributed by atoms with Crippen molar-refractivity contribution in [3.63, 3.8) is 0 Å². The van der Waals surface area contributed by atoms with E-state index in [1.54, 1.807) is 6.07 Å². The third-order valence-electron chi connectivity index (χ3n) is 2.71. The van der Waals surface area contributed by atoms with Crippen LogP contribution in [0.3, 0.4) is 0 Å². The minimum atomic E-state index is -0.981. The standard InChI is InChI=1S/C12H14N2O2/c1-9-5-7-14(8-6-9)11-4-2-3-10(13-11)12(15)16/h2-5H,6-8H2,1H3,(H,15,16). The average Bonchev–Trinajstić information content (AvgIpc) is 2.30. The van der Waals surface area contributed by atoms with Gasteiger partial charge in [0.2, 0.25) is 0 Å². The number of pyridine rings is 1. The monoisotopic (exact) mass is 218 g/mol. The van der Waals surface area contributed by atoms with Crippen LogP contribution in [0.1, 0.15) is 23.8 Å². The maximum Gasteiger partial charge on any atom is 0.354 e. The first-order chi connectivity index (χ1) is 7.66. The minimum Gasteiger partial charge on any atom is -0.477 e. The number of carboxylic acid groups (broad SMARTS) is 1. The van der Waals surface area contributed by atoms with Crippen molar-refractivity contribution >= 4 is 11.8 Å². The molecule has 2 rings (SSSR count). The molecule has 0 saturated heterocycles. The molecule has 4 nitrogen and oxygen atoms in total. The summed E-state index contributed by atoms with van der Waals surface area (Å²) in [5.74, 6) is -0.241. The third kappa shape index (κ3) is 2.21. The molecule has 2 heterocycles. The lowest BCUT2D eigenvalue weighted by Crippen LogP contribution is -2.29. The lowest BCUT2D eigenvalue weighted by molar-refractivity contribution is 0.0690. The molecule has 0 aromatic carbocycles. The van der Waals surface area contributed by atoms with Crippen LogP contribution < -0.4 is 4.90 Å². The Labute approximate surface area is 94.2 Å². The molecule has 0 radical (unpaired) electrons. The summed E-state index contributed by atoms with van der Waals surface area (Å²) in [6, 6.07) is 5.09. The van der Waals surface area contributed by atoms with Crippen LogP contribution in [0.25, 0.3) is 0 Å². The molecule has 0 aliphatic carbocycles. The lowest BCUT2D eigenvalue weighted by atomic mass is 10.1. The van der Waals surface area contributed by atoms with Gasteiger partial charge >= 0.3 is 5.97 Å². The minimum absolute atomic E-state index is 0.101. The highest BCUT2D eigenvalue weighted by Gasteiger charge is 2.13. The number of aromatic carboxylic acids is 1. The summed E-state index contributed by atoms with van der Waals surface area (Å²) in [4.78, 5) is 17.0. The van der Waals surface area contributed by atoms with E-state index in [9.17, 15) is 4.79 Å². The van der Waals surface area contributed by atoms with Crippen LogP contribution in [0.4, 0.5) is 5.82 Å². The number of hydrogen-bond acceptors (Lipinski definition) is 3. The van der Waals surface area contributed by atoms with Crippen molar-refractivity contribution in [3.8, 4) is 0 Å². The van der Waals surface area contributed by atoms with Crippen molar-refractivity contribution in [1.82, 2.24) is 4.98 Å². The average molecular weight is 218 g/mol. The zero-order valence-electron chi connectivity index (χ0n) is 9.18. The van der Waals surface area contributed by atoms with E-state index in [-0.39, 0.29) is 5.69 Å². The second-order valence-corrected chi connectivity index (χ2v) is 3.93. The van der Waals surface area contributed by atoms with Gasteiger partial charge in [0, 0.05) is 13.1 Å². The number of anilines is 1. The van der Waals surface area contributed by atoms with Gasteiger partial charge in [-0.1, -0.05) is 17.7 Å². The summed E-state index contributed by atoms with van der Waals surface area (Å²) in [5, 5.41) is 8.86. The summed E-state index contributed by atoms with van der Waals surface area (Å²) in [6.45, 7) is 3.82. The van der Waals surface area contributed by atoms with Gasteiger partial charge in [-0.05, 0) is 25.5 Å². The molecular formula is C12H14N2O2. The molecule has 0 bridgehead atoms. The van der Waals surface area contributed by atoms with Crippen LogP contribution in [-0.4, -0.2) is 29.1 Å². The first-order valence-corrected chi connectivity index (χ1v) is 5.28. The van der Waals surface area contributed by atoms with Crippen LogP contribution in [0, 0.1) is 0 Å². The maximum atomic E-state index is 10.8. The molecule has 1 aromatic heterocycles. The summed E-state index contributed by atoms with van der Waals surface area (Å²) in [5.41, 5.74) is 1.48. The second kappa shape index (κ2) is 4.35. The number of aromatic nitrogens is 1. The Bertz CT molecular complexity index is 440.